The van der Waals surface area contributed by atoms with Crippen LogP contribution in [0.4, 0.5) is 0 Å². The van der Waals surface area contributed by atoms with E-state index in [1.807, 2.05) is 19.0 Å². The molecule has 0 aliphatic carbocycles. The van der Waals surface area contributed by atoms with Gasteiger partial charge in [0.1, 0.15) is 6.10 Å². The van der Waals surface area contributed by atoms with Crippen LogP contribution in [0, 0.1) is 5.92 Å². The number of amides is 1. The van der Waals surface area contributed by atoms with Crippen LogP contribution in [0.2, 0.25) is 0 Å². The van der Waals surface area contributed by atoms with Crippen LogP contribution in [0.5, 0.6) is 0 Å². The Morgan fingerprint density at radius 3 is 2.32 bits per heavy atom. The number of hydrogen-bond donors (Lipinski definition) is 1. The van der Waals surface area contributed by atoms with E-state index in [0.29, 0.717) is 31.3 Å². The van der Waals surface area contributed by atoms with Crippen molar-refractivity contribution in [2.45, 2.75) is 38.0 Å². The summed E-state index contributed by atoms with van der Waals surface area (Å²) in [5.41, 5.74) is 0. The summed E-state index contributed by atoms with van der Waals surface area (Å²) in [6.07, 6.45) is -0.465. The molecule has 1 amide bonds. The molecule has 19 heavy (non-hydrogen) atoms. The molecule has 2 fully saturated rings. The number of nitrogens with zero attached hydrogens (tertiary/aromatic N) is 2. The Labute approximate surface area is 113 Å². The summed E-state index contributed by atoms with van der Waals surface area (Å²) in [5.74, 6) is -0.605. The number of likely N-dealkylation sites (N-methyl/N-ethyl adjacent to an activating group) is 1. The number of carbonyl (C=O) groups is 2. The van der Waals surface area contributed by atoms with Crippen molar-refractivity contribution < 1.29 is 19.4 Å². The summed E-state index contributed by atoms with van der Waals surface area (Å²) >= 11 is 0. The first-order valence-electron chi connectivity index (χ1n) is 6.73. The van der Waals surface area contributed by atoms with Crippen molar-refractivity contribution in [2.24, 2.45) is 5.92 Å². The van der Waals surface area contributed by atoms with E-state index in [0.717, 1.165) is 6.54 Å². The summed E-state index contributed by atoms with van der Waals surface area (Å²) in [7, 11) is 4.03. The van der Waals surface area contributed by atoms with E-state index in [1.54, 1.807) is 0 Å². The molecular weight excluding hydrogens is 248 g/mol. The van der Waals surface area contributed by atoms with E-state index in [9.17, 15) is 9.59 Å². The smallest absolute Gasteiger partial charge is 0.332 e. The molecule has 0 aromatic rings. The summed E-state index contributed by atoms with van der Waals surface area (Å²) < 4.78 is 5.32. The normalized spacial score (nSPS) is 35.1. The first-order valence-corrected chi connectivity index (χ1v) is 6.73. The standard InChI is InChI=1S/C13H22N2O4/c1-8-6-15(7-9(8)14(2)3)12(16)10-4-5-11(19-10)13(17)18/h8-11H,4-7H2,1-3H3,(H,17,18). The molecule has 1 N–H and O–H groups in total. The number of carbonyl (C=O) groups excluding carboxylic acids is 1. The third kappa shape index (κ3) is 2.90. The van der Waals surface area contributed by atoms with Crippen molar-refractivity contribution in [3.8, 4) is 0 Å². The maximum Gasteiger partial charge on any atom is 0.332 e. The van der Waals surface area contributed by atoms with Gasteiger partial charge in [-0.25, -0.2) is 4.79 Å². The summed E-state index contributed by atoms with van der Waals surface area (Å²) in [6, 6.07) is 0.362. The molecule has 0 bridgehead atoms. The minimum atomic E-state index is -0.976. The average Bonchev–Trinajstić information content (AvgIpc) is 2.94. The van der Waals surface area contributed by atoms with Gasteiger partial charge in [-0.05, 0) is 32.9 Å². The Hall–Kier alpha value is -1.14. The Kier molecular flexibility index (Phi) is 4.10. The molecule has 2 heterocycles. The number of likely N-dealkylation sites (tertiary alicyclic amines) is 1. The third-order valence-corrected chi connectivity index (χ3v) is 4.12. The molecule has 6 nitrogen and oxygen atoms in total. The highest BCUT2D eigenvalue weighted by atomic mass is 16.5. The first-order chi connectivity index (χ1) is 8.90. The molecule has 0 saturated carbocycles. The number of aliphatic carboxylic acids is 1. The Morgan fingerprint density at radius 1 is 1.21 bits per heavy atom. The highest BCUT2D eigenvalue weighted by molar-refractivity contribution is 5.83. The predicted molar refractivity (Wildman–Crippen MR) is 68.7 cm³/mol. The third-order valence-electron chi connectivity index (χ3n) is 4.12. The summed E-state index contributed by atoms with van der Waals surface area (Å²) in [5, 5.41) is 8.88. The molecule has 4 unspecified atom stereocenters. The van der Waals surface area contributed by atoms with E-state index in [-0.39, 0.29) is 5.91 Å². The van der Waals surface area contributed by atoms with E-state index in [4.69, 9.17) is 9.84 Å². The van der Waals surface area contributed by atoms with Crippen LogP contribution in [0.1, 0.15) is 19.8 Å². The van der Waals surface area contributed by atoms with Crippen molar-refractivity contribution in [1.29, 1.82) is 0 Å². The molecule has 0 spiro atoms. The lowest BCUT2D eigenvalue weighted by Crippen LogP contribution is -2.40. The first kappa shape index (κ1) is 14.3. The predicted octanol–water partition coefficient (Wildman–Crippen LogP) is 0.0271. The molecular formula is C13H22N2O4. The van der Waals surface area contributed by atoms with Crippen LogP contribution in [0.25, 0.3) is 0 Å². The number of rotatable bonds is 3. The topological polar surface area (TPSA) is 70.1 Å². The fourth-order valence-electron chi connectivity index (χ4n) is 3.01. The monoisotopic (exact) mass is 270 g/mol. The van der Waals surface area contributed by atoms with E-state index >= 15 is 0 Å². The Balaban J connectivity index is 1.93. The second kappa shape index (κ2) is 5.46. The lowest BCUT2D eigenvalue weighted by molar-refractivity contribution is -0.154. The zero-order valence-corrected chi connectivity index (χ0v) is 11.7. The second-order valence-corrected chi connectivity index (χ2v) is 5.78. The van der Waals surface area contributed by atoms with Crippen LogP contribution in [0.15, 0.2) is 0 Å². The highest BCUT2D eigenvalue weighted by Crippen LogP contribution is 2.26. The van der Waals surface area contributed by atoms with Gasteiger partial charge in [-0.2, -0.15) is 0 Å². The van der Waals surface area contributed by atoms with Crippen LogP contribution in [-0.4, -0.2) is 72.2 Å². The van der Waals surface area contributed by atoms with Gasteiger partial charge >= 0.3 is 5.97 Å². The number of hydrogen-bond acceptors (Lipinski definition) is 4. The Bertz CT molecular complexity index is 372. The SMILES string of the molecule is CC1CN(C(=O)C2CCC(C(=O)O)O2)CC1N(C)C. The van der Waals surface area contributed by atoms with Gasteiger partial charge < -0.3 is 19.6 Å². The van der Waals surface area contributed by atoms with Crippen molar-refractivity contribution >= 4 is 11.9 Å². The van der Waals surface area contributed by atoms with Crippen LogP contribution >= 0.6 is 0 Å². The van der Waals surface area contributed by atoms with Crippen molar-refractivity contribution in [1.82, 2.24) is 9.80 Å². The van der Waals surface area contributed by atoms with Crippen LogP contribution in [0.3, 0.4) is 0 Å². The van der Waals surface area contributed by atoms with Gasteiger partial charge in [0.15, 0.2) is 6.10 Å². The highest BCUT2D eigenvalue weighted by Gasteiger charge is 2.40. The maximum atomic E-state index is 12.3. The van der Waals surface area contributed by atoms with E-state index in [2.05, 4.69) is 11.8 Å². The molecule has 0 radical (unpaired) electrons. The fraction of sp³-hybridized carbons (Fsp3) is 0.846. The largest absolute Gasteiger partial charge is 0.479 e. The summed E-state index contributed by atoms with van der Waals surface area (Å²) in [4.78, 5) is 27.1. The zero-order chi connectivity index (χ0) is 14.2. The van der Waals surface area contributed by atoms with Gasteiger partial charge in [0, 0.05) is 19.1 Å². The van der Waals surface area contributed by atoms with Crippen molar-refractivity contribution in [2.75, 3.05) is 27.2 Å². The molecule has 4 atom stereocenters. The minimum absolute atomic E-state index is 0.0556. The lowest BCUT2D eigenvalue weighted by atomic mass is 10.1. The quantitative estimate of drug-likeness (QED) is 0.783. The summed E-state index contributed by atoms with van der Waals surface area (Å²) in [6.45, 7) is 3.55. The minimum Gasteiger partial charge on any atom is -0.479 e. The molecule has 108 valence electrons. The van der Waals surface area contributed by atoms with Gasteiger partial charge in [-0.3, -0.25) is 4.79 Å². The number of carboxylic acids is 1. The maximum absolute atomic E-state index is 12.3. The number of ether oxygens (including phenoxy) is 1. The van der Waals surface area contributed by atoms with Gasteiger partial charge in [-0.15, -0.1) is 0 Å². The lowest BCUT2D eigenvalue weighted by Gasteiger charge is -2.23. The van der Waals surface area contributed by atoms with E-state index < -0.39 is 18.2 Å². The zero-order valence-electron chi connectivity index (χ0n) is 11.7. The van der Waals surface area contributed by atoms with Gasteiger partial charge in [0.05, 0.1) is 0 Å². The fourth-order valence-corrected chi connectivity index (χ4v) is 3.01. The molecule has 0 aromatic heterocycles. The van der Waals surface area contributed by atoms with E-state index in [1.165, 1.54) is 0 Å². The molecule has 2 aliphatic rings. The number of carboxylic acid groups (broad SMARTS) is 1. The van der Waals surface area contributed by atoms with Gasteiger partial charge in [-0.1, -0.05) is 6.92 Å². The van der Waals surface area contributed by atoms with Crippen molar-refractivity contribution in [3.05, 3.63) is 0 Å². The van der Waals surface area contributed by atoms with Gasteiger partial charge in [0.25, 0.3) is 5.91 Å². The second-order valence-electron chi connectivity index (χ2n) is 5.78. The molecule has 2 aliphatic heterocycles. The molecule has 0 aromatic carbocycles. The molecule has 2 rings (SSSR count). The van der Waals surface area contributed by atoms with Crippen LogP contribution in [-0.2, 0) is 14.3 Å². The molecule has 6 heteroatoms. The molecule has 2 saturated heterocycles. The van der Waals surface area contributed by atoms with Gasteiger partial charge in [0.2, 0.25) is 0 Å². The van der Waals surface area contributed by atoms with Crippen molar-refractivity contribution in [3.63, 3.8) is 0 Å². The van der Waals surface area contributed by atoms with Crippen LogP contribution < -0.4 is 0 Å². The average molecular weight is 270 g/mol. The Morgan fingerprint density at radius 2 is 1.84 bits per heavy atom.